The number of nitrogens with one attached hydrogen (secondary N) is 3. The van der Waals surface area contributed by atoms with Gasteiger partial charge >= 0.3 is 0 Å². The first kappa shape index (κ1) is 23.1. The summed E-state index contributed by atoms with van der Waals surface area (Å²) in [6.07, 6.45) is 1.52. The molecular weight excluding hydrogens is 504 g/mol. The van der Waals surface area contributed by atoms with Crippen molar-refractivity contribution in [3.05, 3.63) is 61.5 Å². The quantitative estimate of drug-likeness (QED) is 0.248. The second kappa shape index (κ2) is 8.21. The Morgan fingerprint density at radius 1 is 1.15 bits per heavy atom. The zero-order valence-corrected chi connectivity index (χ0v) is 20.8. The highest BCUT2D eigenvalue weighted by atomic mass is 35.5. The molecule has 10 heteroatoms. The van der Waals surface area contributed by atoms with E-state index in [9.17, 15) is 4.79 Å². The summed E-state index contributed by atoms with van der Waals surface area (Å²) in [7, 11) is 0. The molecule has 0 radical (unpaired) electrons. The number of benzene rings is 2. The Morgan fingerprint density at radius 3 is 2.48 bits per heavy atom. The van der Waals surface area contributed by atoms with E-state index in [4.69, 9.17) is 57.5 Å². The van der Waals surface area contributed by atoms with Crippen molar-refractivity contribution >= 4 is 64.0 Å². The molecule has 1 aliphatic carbocycles. The Morgan fingerprint density at radius 2 is 1.82 bits per heavy atom. The van der Waals surface area contributed by atoms with E-state index < -0.39 is 5.54 Å². The summed E-state index contributed by atoms with van der Waals surface area (Å²) >= 11 is 25.7. The van der Waals surface area contributed by atoms with Crippen molar-refractivity contribution in [2.45, 2.75) is 37.4 Å². The lowest BCUT2D eigenvalue weighted by Crippen LogP contribution is -2.42. The molecule has 1 amide bonds. The van der Waals surface area contributed by atoms with Crippen LogP contribution in [0, 0.1) is 17.2 Å². The van der Waals surface area contributed by atoms with E-state index in [1.807, 2.05) is 11.0 Å². The van der Waals surface area contributed by atoms with Gasteiger partial charge in [-0.1, -0.05) is 46.4 Å². The summed E-state index contributed by atoms with van der Waals surface area (Å²) in [4.78, 5) is 15.8. The Kier molecular flexibility index (Phi) is 5.73. The third-order valence-electron chi connectivity index (χ3n) is 7.20. The maximum absolute atomic E-state index is 13.9. The van der Waals surface area contributed by atoms with E-state index in [2.05, 4.69) is 17.6 Å². The van der Waals surface area contributed by atoms with E-state index in [1.165, 1.54) is 0 Å². The van der Waals surface area contributed by atoms with Crippen LogP contribution in [0.15, 0.2) is 30.3 Å². The molecule has 2 fully saturated rings. The van der Waals surface area contributed by atoms with E-state index >= 15 is 0 Å². The first-order valence-corrected chi connectivity index (χ1v) is 12.3. The van der Waals surface area contributed by atoms with Crippen molar-refractivity contribution in [3.63, 3.8) is 0 Å². The maximum atomic E-state index is 13.9. The fourth-order valence-electron chi connectivity index (χ4n) is 6.12. The SMILES string of the molecule is CC12NC(CCCNC(=N)N)C3C(=O)N(c4cc(Cl)cc(Cl)c4)C(c4c(Cl)cc(Cl)cc41)C32. The van der Waals surface area contributed by atoms with Gasteiger partial charge in [0, 0.05) is 49.8 Å². The van der Waals surface area contributed by atoms with Crippen molar-refractivity contribution in [2.24, 2.45) is 17.6 Å². The second-order valence-corrected chi connectivity index (χ2v) is 10.8. The first-order valence-electron chi connectivity index (χ1n) is 10.8. The van der Waals surface area contributed by atoms with Crippen LogP contribution in [0.1, 0.15) is 36.9 Å². The predicted octanol–water partition coefficient (Wildman–Crippen LogP) is 5.08. The summed E-state index contributed by atoms with van der Waals surface area (Å²) in [6, 6.07) is 8.58. The number of nitrogens with zero attached hydrogens (tertiary/aromatic N) is 1. The number of amides is 1. The van der Waals surface area contributed by atoms with Crippen LogP contribution >= 0.6 is 46.4 Å². The van der Waals surface area contributed by atoms with Crippen LogP contribution in [0.4, 0.5) is 5.69 Å². The van der Waals surface area contributed by atoms with Crippen molar-refractivity contribution in [1.82, 2.24) is 10.6 Å². The number of carbonyl (C=O) groups is 1. The fraction of sp³-hybridized carbons (Fsp3) is 0.391. The van der Waals surface area contributed by atoms with Gasteiger partial charge in [-0.25, -0.2) is 0 Å². The summed E-state index contributed by atoms with van der Waals surface area (Å²) in [6.45, 7) is 2.70. The van der Waals surface area contributed by atoms with Crippen LogP contribution in [0.5, 0.6) is 0 Å². The molecule has 2 aromatic carbocycles. The Bertz CT molecular complexity index is 1150. The topological polar surface area (TPSA) is 94.2 Å². The molecule has 3 aliphatic rings. The highest BCUT2D eigenvalue weighted by Crippen LogP contribution is 2.64. The minimum Gasteiger partial charge on any atom is -0.370 e. The number of hydrogen-bond acceptors (Lipinski definition) is 3. The smallest absolute Gasteiger partial charge is 0.232 e. The molecule has 0 bridgehead atoms. The fourth-order valence-corrected chi connectivity index (χ4v) is 7.24. The summed E-state index contributed by atoms with van der Waals surface area (Å²) in [5.41, 5.74) is 7.54. The summed E-state index contributed by atoms with van der Waals surface area (Å²) in [5.74, 6) is -0.310. The average Bonchev–Trinajstić information content (AvgIpc) is 3.26. The van der Waals surface area contributed by atoms with Crippen molar-refractivity contribution in [1.29, 1.82) is 5.41 Å². The van der Waals surface area contributed by atoms with Crippen LogP contribution in [-0.2, 0) is 10.3 Å². The molecule has 0 spiro atoms. The lowest BCUT2D eigenvalue weighted by atomic mass is 9.80. The van der Waals surface area contributed by atoms with Crippen molar-refractivity contribution < 1.29 is 4.79 Å². The number of fused-ring (bicyclic) bond motifs is 3. The van der Waals surface area contributed by atoms with Crippen molar-refractivity contribution in [2.75, 3.05) is 11.4 Å². The van der Waals surface area contributed by atoms with Gasteiger partial charge in [-0.05, 0) is 61.2 Å². The van der Waals surface area contributed by atoms with E-state index in [0.29, 0.717) is 32.3 Å². The third-order valence-corrected chi connectivity index (χ3v) is 8.16. The van der Waals surface area contributed by atoms with E-state index in [1.54, 1.807) is 24.3 Å². The number of rotatable bonds is 5. The molecule has 2 aromatic rings. The minimum absolute atomic E-state index is 0.0282. The molecule has 5 atom stereocenters. The molecule has 5 unspecified atom stereocenters. The van der Waals surface area contributed by atoms with E-state index in [-0.39, 0.29) is 35.8 Å². The number of anilines is 1. The van der Waals surface area contributed by atoms with Crippen LogP contribution in [0.2, 0.25) is 20.1 Å². The Hall–Kier alpha value is -1.70. The summed E-state index contributed by atoms with van der Waals surface area (Å²) in [5, 5.41) is 16.0. The highest BCUT2D eigenvalue weighted by molar-refractivity contribution is 6.36. The molecule has 174 valence electrons. The molecule has 2 heterocycles. The molecule has 2 saturated heterocycles. The number of guanidine groups is 1. The second-order valence-electron chi connectivity index (χ2n) is 9.12. The number of halogens is 4. The monoisotopic (exact) mass is 525 g/mol. The molecule has 0 saturated carbocycles. The number of nitrogens with two attached hydrogens (primary N) is 1. The number of carbonyl (C=O) groups excluding carboxylic acids is 1. The van der Waals surface area contributed by atoms with Crippen molar-refractivity contribution in [3.8, 4) is 0 Å². The van der Waals surface area contributed by atoms with Gasteiger partial charge in [0.15, 0.2) is 5.96 Å². The number of hydrogen-bond donors (Lipinski definition) is 4. The molecule has 5 rings (SSSR count). The van der Waals surface area contributed by atoms with Crippen LogP contribution < -0.4 is 21.3 Å². The summed E-state index contributed by atoms with van der Waals surface area (Å²) < 4.78 is 0. The maximum Gasteiger partial charge on any atom is 0.232 e. The minimum atomic E-state index is -0.468. The predicted molar refractivity (Wildman–Crippen MR) is 134 cm³/mol. The lowest BCUT2D eigenvalue weighted by molar-refractivity contribution is -0.121. The standard InChI is InChI=1S/C23H23Cl4N5O/c1-23-14-8-12(26)9-15(27)17(14)20-19(23)18(16(31-23)3-2-4-30-22(28)29)21(33)32(20)13-6-10(24)5-11(25)7-13/h5-9,16,18-20,31H,2-4H2,1H3,(H4,28,29,30). The van der Waals surface area contributed by atoms with Gasteiger partial charge in [0.25, 0.3) is 0 Å². The molecule has 5 N–H and O–H groups in total. The Balaban J connectivity index is 1.60. The van der Waals surface area contributed by atoms with Crippen LogP contribution in [-0.4, -0.2) is 24.5 Å². The Labute approximate surface area is 212 Å². The zero-order valence-electron chi connectivity index (χ0n) is 17.8. The average molecular weight is 527 g/mol. The first-order chi connectivity index (χ1) is 15.6. The van der Waals surface area contributed by atoms with Gasteiger partial charge in [0.05, 0.1) is 12.0 Å². The molecule has 2 aliphatic heterocycles. The van der Waals surface area contributed by atoms with Gasteiger partial charge in [-0.15, -0.1) is 0 Å². The van der Waals surface area contributed by atoms with Gasteiger partial charge in [0.2, 0.25) is 5.91 Å². The lowest BCUT2D eigenvalue weighted by Gasteiger charge is -2.29. The van der Waals surface area contributed by atoms with E-state index in [0.717, 1.165) is 24.0 Å². The largest absolute Gasteiger partial charge is 0.370 e. The van der Waals surface area contributed by atoms with Gasteiger partial charge in [-0.2, -0.15) is 0 Å². The molecule has 6 nitrogen and oxygen atoms in total. The zero-order chi connectivity index (χ0) is 23.7. The highest BCUT2D eigenvalue weighted by Gasteiger charge is 2.68. The van der Waals surface area contributed by atoms with Crippen LogP contribution in [0.25, 0.3) is 0 Å². The molecule has 33 heavy (non-hydrogen) atoms. The molecule has 0 aromatic heterocycles. The molecular formula is C23H23Cl4N5O. The van der Waals surface area contributed by atoms with Gasteiger partial charge < -0.3 is 21.3 Å². The van der Waals surface area contributed by atoms with Gasteiger partial charge in [-0.3, -0.25) is 10.2 Å². The van der Waals surface area contributed by atoms with Gasteiger partial charge in [0.1, 0.15) is 0 Å². The van der Waals surface area contributed by atoms with Crippen LogP contribution in [0.3, 0.4) is 0 Å². The normalized spacial score (nSPS) is 29.4. The third kappa shape index (κ3) is 3.58.